The van der Waals surface area contributed by atoms with E-state index in [4.69, 9.17) is 27.9 Å². The predicted octanol–water partition coefficient (Wildman–Crippen LogP) is 4.49. The van der Waals surface area contributed by atoms with Gasteiger partial charge in [0.05, 0.1) is 15.6 Å². The number of anilines is 1. The first kappa shape index (κ1) is 24.6. The van der Waals surface area contributed by atoms with Crippen molar-refractivity contribution in [3.8, 4) is 0 Å². The van der Waals surface area contributed by atoms with Crippen molar-refractivity contribution in [2.75, 3.05) is 18.5 Å². The number of nitrogens with one attached hydrogen (secondary N) is 2. The molecular formula is C19H19BrCl2N2O5S. The van der Waals surface area contributed by atoms with Crippen LogP contribution in [0.25, 0.3) is 0 Å². The first-order chi connectivity index (χ1) is 14.0. The van der Waals surface area contributed by atoms with E-state index in [1.807, 2.05) is 13.8 Å². The van der Waals surface area contributed by atoms with Crippen LogP contribution >= 0.6 is 39.1 Å². The molecular weight excluding hydrogens is 519 g/mol. The van der Waals surface area contributed by atoms with Crippen molar-refractivity contribution in [3.63, 3.8) is 0 Å². The number of carbonyl (C=O) groups is 2. The van der Waals surface area contributed by atoms with Crippen LogP contribution in [-0.4, -0.2) is 33.4 Å². The molecule has 162 valence electrons. The van der Waals surface area contributed by atoms with Crippen LogP contribution in [0, 0.1) is 5.92 Å². The number of halogens is 3. The lowest BCUT2D eigenvalue weighted by molar-refractivity contribution is -0.119. The number of amides is 1. The topological polar surface area (TPSA) is 102 Å². The Bertz CT molecular complexity index is 1040. The van der Waals surface area contributed by atoms with E-state index in [0.717, 1.165) is 16.6 Å². The molecule has 0 aliphatic heterocycles. The monoisotopic (exact) mass is 536 g/mol. The minimum absolute atomic E-state index is 0.0690. The highest BCUT2D eigenvalue weighted by atomic mass is 79.9. The van der Waals surface area contributed by atoms with E-state index in [9.17, 15) is 18.0 Å². The molecule has 2 rings (SSSR count). The lowest BCUT2D eigenvalue weighted by atomic mass is 10.2. The van der Waals surface area contributed by atoms with Crippen LogP contribution < -0.4 is 10.0 Å². The molecule has 0 radical (unpaired) electrons. The van der Waals surface area contributed by atoms with E-state index in [1.54, 1.807) is 24.3 Å². The van der Waals surface area contributed by atoms with Crippen molar-refractivity contribution in [1.29, 1.82) is 0 Å². The Morgan fingerprint density at radius 3 is 2.33 bits per heavy atom. The summed E-state index contributed by atoms with van der Waals surface area (Å²) in [6, 6.07) is 8.99. The molecule has 0 fully saturated rings. The molecule has 0 saturated carbocycles. The largest absolute Gasteiger partial charge is 0.452 e. The van der Waals surface area contributed by atoms with Crippen molar-refractivity contribution in [2.45, 2.75) is 18.7 Å². The van der Waals surface area contributed by atoms with Gasteiger partial charge in [0.15, 0.2) is 6.61 Å². The zero-order valence-corrected chi connectivity index (χ0v) is 20.0. The van der Waals surface area contributed by atoms with Gasteiger partial charge in [0, 0.05) is 16.7 Å². The van der Waals surface area contributed by atoms with Crippen LogP contribution in [0.4, 0.5) is 5.69 Å². The molecule has 0 aromatic heterocycles. The van der Waals surface area contributed by atoms with Gasteiger partial charge < -0.3 is 10.1 Å². The third-order valence-corrected chi connectivity index (χ3v) is 6.40. The fraction of sp³-hybridized carbons (Fsp3) is 0.263. The lowest BCUT2D eigenvalue weighted by Crippen LogP contribution is -2.28. The first-order valence-electron chi connectivity index (χ1n) is 8.71. The summed E-state index contributed by atoms with van der Waals surface area (Å²) in [7, 11) is -3.97. The normalized spacial score (nSPS) is 11.4. The number of ether oxygens (including phenoxy) is 1. The molecule has 2 aromatic carbocycles. The van der Waals surface area contributed by atoms with Crippen LogP contribution in [0.3, 0.4) is 0 Å². The molecule has 0 saturated heterocycles. The SMILES string of the molecule is CC(C)CNS(=O)(=O)c1cc(C(=O)OCC(=O)Nc2ccc(Br)cc2)c(Cl)cc1Cl. The average Bonchev–Trinajstić information content (AvgIpc) is 2.66. The fourth-order valence-electron chi connectivity index (χ4n) is 2.18. The van der Waals surface area contributed by atoms with E-state index in [0.29, 0.717) is 5.69 Å². The third-order valence-electron chi connectivity index (χ3n) is 3.67. The van der Waals surface area contributed by atoms with Crippen molar-refractivity contribution >= 4 is 66.7 Å². The molecule has 0 bridgehead atoms. The fourth-order valence-corrected chi connectivity index (χ4v) is 4.51. The summed E-state index contributed by atoms with van der Waals surface area (Å²) in [6.07, 6.45) is 0. The van der Waals surface area contributed by atoms with Gasteiger partial charge in [-0.15, -0.1) is 0 Å². The smallest absolute Gasteiger partial charge is 0.340 e. The van der Waals surface area contributed by atoms with Gasteiger partial charge in [-0.2, -0.15) is 0 Å². The third kappa shape index (κ3) is 6.95. The number of hydrogen-bond donors (Lipinski definition) is 2. The van der Waals surface area contributed by atoms with Crippen LogP contribution in [0.15, 0.2) is 45.8 Å². The van der Waals surface area contributed by atoms with Crippen molar-refractivity contribution < 1.29 is 22.7 Å². The summed E-state index contributed by atoms with van der Waals surface area (Å²) in [5.74, 6) is -1.45. The maximum absolute atomic E-state index is 12.5. The van der Waals surface area contributed by atoms with Gasteiger partial charge in [0.25, 0.3) is 5.91 Å². The number of esters is 1. The molecule has 2 aromatic rings. The molecule has 7 nitrogen and oxygen atoms in total. The molecule has 2 N–H and O–H groups in total. The highest BCUT2D eigenvalue weighted by molar-refractivity contribution is 9.10. The predicted molar refractivity (Wildman–Crippen MR) is 120 cm³/mol. The molecule has 0 heterocycles. The Morgan fingerprint density at radius 2 is 1.73 bits per heavy atom. The highest BCUT2D eigenvalue weighted by Gasteiger charge is 2.23. The Balaban J connectivity index is 2.11. The minimum atomic E-state index is -3.97. The van der Waals surface area contributed by atoms with Crippen molar-refractivity contribution in [2.24, 2.45) is 5.92 Å². The minimum Gasteiger partial charge on any atom is -0.452 e. The Kier molecular flexibility index (Phi) is 8.69. The zero-order chi connectivity index (χ0) is 22.5. The summed E-state index contributed by atoms with van der Waals surface area (Å²) >= 11 is 15.3. The average molecular weight is 538 g/mol. The van der Waals surface area contributed by atoms with E-state index in [1.165, 1.54) is 0 Å². The van der Waals surface area contributed by atoms with Gasteiger partial charge in [-0.1, -0.05) is 53.0 Å². The second-order valence-corrected chi connectivity index (χ2v) is 10.1. The molecule has 0 unspecified atom stereocenters. The molecule has 0 aliphatic carbocycles. The van der Waals surface area contributed by atoms with Crippen molar-refractivity contribution in [3.05, 3.63) is 56.5 Å². The van der Waals surface area contributed by atoms with E-state index in [-0.39, 0.29) is 33.0 Å². The number of rotatable bonds is 8. The number of benzene rings is 2. The lowest BCUT2D eigenvalue weighted by Gasteiger charge is -2.13. The van der Waals surface area contributed by atoms with Crippen LogP contribution in [-0.2, 0) is 19.6 Å². The molecule has 30 heavy (non-hydrogen) atoms. The summed E-state index contributed by atoms with van der Waals surface area (Å²) in [4.78, 5) is 24.1. The molecule has 11 heteroatoms. The Morgan fingerprint density at radius 1 is 1.10 bits per heavy atom. The van der Waals surface area contributed by atoms with Crippen LogP contribution in [0.2, 0.25) is 10.0 Å². The molecule has 0 spiro atoms. The van der Waals surface area contributed by atoms with Crippen LogP contribution in [0.5, 0.6) is 0 Å². The highest BCUT2D eigenvalue weighted by Crippen LogP contribution is 2.29. The van der Waals surface area contributed by atoms with Gasteiger partial charge in [-0.25, -0.2) is 17.9 Å². The maximum Gasteiger partial charge on any atom is 0.340 e. The van der Waals surface area contributed by atoms with Gasteiger partial charge >= 0.3 is 5.97 Å². The Labute approximate surface area is 193 Å². The summed E-state index contributed by atoms with van der Waals surface area (Å²) in [5, 5.41) is 2.33. The van der Waals surface area contributed by atoms with Crippen LogP contribution in [0.1, 0.15) is 24.2 Å². The quantitative estimate of drug-likeness (QED) is 0.483. The maximum atomic E-state index is 12.5. The van der Waals surface area contributed by atoms with Gasteiger partial charge in [-0.05, 0) is 42.3 Å². The number of sulfonamides is 1. The van der Waals surface area contributed by atoms with Gasteiger partial charge in [0.1, 0.15) is 4.90 Å². The second-order valence-electron chi connectivity index (χ2n) is 6.64. The Hall–Kier alpha value is -1.65. The standard InChI is InChI=1S/C19H19BrCl2N2O5S/c1-11(2)9-23-30(27,28)17-7-14(15(21)8-16(17)22)19(26)29-10-18(25)24-13-5-3-12(20)4-6-13/h3-8,11,23H,9-10H2,1-2H3,(H,24,25). The first-order valence-corrected chi connectivity index (χ1v) is 11.7. The number of hydrogen-bond acceptors (Lipinski definition) is 5. The zero-order valence-electron chi connectivity index (χ0n) is 16.0. The summed E-state index contributed by atoms with van der Waals surface area (Å²) < 4.78 is 33.2. The van der Waals surface area contributed by atoms with E-state index < -0.39 is 28.5 Å². The molecule has 1 amide bonds. The second kappa shape index (κ2) is 10.6. The van der Waals surface area contributed by atoms with E-state index >= 15 is 0 Å². The molecule has 0 atom stereocenters. The summed E-state index contributed by atoms with van der Waals surface area (Å²) in [5.41, 5.74) is 0.302. The van der Waals surface area contributed by atoms with E-state index in [2.05, 4.69) is 26.0 Å². The summed E-state index contributed by atoms with van der Waals surface area (Å²) in [6.45, 7) is 3.29. The van der Waals surface area contributed by atoms with Crippen molar-refractivity contribution in [1.82, 2.24) is 4.72 Å². The van der Waals surface area contributed by atoms with Gasteiger partial charge in [-0.3, -0.25) is 4.79 Å². The number of carbonyl (C=O) groups excluding carboxylic acids is 2. The molecule has 0 aliphatic rings. The van der Waals surface area contributed by atoms with Gasteiger partial charge in [0.2, 0.25) is 10.0 Å².